The Kier molecular flexibility index (Phi) is 6.65. The van der Waals surface area contributed by atoms with E-state index in [4.69, 9.17) is 4.74 Å². The molecule has 0 bridgehead atoms. The molecule has 0 fully saturated rings. The van der Waals surface area contributed by atoms with Crippen LogP contribution < -0.4 is 10.1 Å². The molecular weight excluding hydrogens is 236 g/mol. The Bertz CT molecular complexity index is 356. The van der Waals surface area contributed by atoms with Crippen molar-refractivity contribution in [2.24, 2.45) is 5.92 Å². The molecule has 0 spiro atoms. The average Bonchev–Trinajstić information content (AvgIpc) is 2.31. The van der Waals surface area contributed by atoms with Crippen molar-refractivity contribution in [1.82, 2.24) is 5.32 Å². The summed E-state index contributed by atoms with van der Waals surface area (Å²) in [5.41, 5.74) is 0.773. The second-order valence-corrected chi connectivity index (χ2v) is 4.67. The van der Waals surface area contributed by atoms with Gasteiger partial charge in [-0.15, -0.1) is 0 Å². The van der Waals surface area contributed by atoms with E-state index in [2.05, 4.69) is 19.2 Å². The highest BCUT2D eigenvalue weighted by Crippen LogP contribution is 2.20. The van der Waals surface area contributed by atoms with E-state index >= 15 is 0 Å². The number of alkyl halides is 1. The van der Waals surface area contributed by atoms with Crippen LogP contribution in [0.4, 0.5) is 8.78 Å². The Morgan fingerprint density at radius 3 is 2.78 bits per heavy atom. The summed E-state index contributed by atoms with van der Waals surface area (Å²) >= 11 is 0. The molecule has 0 aliphatic heterocycles. The molecule has 0 atom stereocenters. The minimum absolute atomic E-state index is 0.283. The Hall–Kier alpha value is -1.16. The molecule has 0 aromatic heterocycles. The maximum Gasteiger partial charge on any atom is 0.123 e. The van der Waals surface area contributed by atoms with Crippen LogP contribution in [0.2, 0.25) is 0 Å². The van der Waals surface area contributed by atoms with Gasteiger partial charge in [0.15, 0.2) is 0 Å². The predicted molar refractivity (Wildman–Crippen MR) is 69.0 cm³/mol. The van der Waals surface area contributed by atoms with E-state index in [9.17, 15) is 8.78 Å². The lowest BCUT2D eigenvalue weighted by molar-refractivity contribution is 0.286. The number of hydrogen-bond donors (Lipinski definition) is 1. The fourth-order valence-corrected chi connectivity index (χ4v) is 1.56. The van der Waals surface area contributed by atoms with E-state index in [1.807, 2.05) is 0 Å². The van der Waals surface area contributed by atoms with Crippen LogP contribution in [-0.2, 0) is 6.54 Å². The first kappa shape index (κ1) is 14.9. The molecule has 1 aromatic rings. The Balaban J connectivity index is 2.58. The van der Waals surface area contributed by atoms with Crippen molar-refractivity contribution >= 4 is 0 Å². The highest BCUT2D eigenvalue weighted by atomic mass is 19.1. The topological polar surface area (TPSA) is 21.3 Å². The van der Waals surface area contributed by atoms with Crippen LogP contribution in [0.25, 0.3) is 0 Å². The molecule has 0 saturated heterocycles. The van der Waals surface area contributed by atoms with Gasteiger partial charge in [0, 0.05) is 18.5 Å². The van der Waals surface area contributed by atoms with E-state index in [0.717, 1.165) is 12.1 Å². The van der Waals surface area contributed by atoms with E-state index in [-0.39, 0.29) is 5.82 Å². The maximum absolute atomic E-state index is 13.2. The first-order chi connectivity index (χ1) is 8.63. The summed E-state index contributed by atoms with van der Waals surface area (Å²) in [6, 6.07) is 4.41. The molecule has 0 amide bonds. The van der Waals surface area contributed by atoms with Crippen molar-refractivity contribution in [2.75, 3.05) is 19.8 Å². The van der Waals surface area contributed by atoms with Crippen LogP contribution in [0.5, 0.6) is 5.75 Å². The highest BCUT2D eigenvalue weighted by molar-refractivity contribution is 5.33. The second-order valence-electron chi connectivity index (χ2n) is 4.67. The molecule has 1 N–H and O–H groups in total. The van der Waals surface area contributed by atoms with Crippen LogP contribution in [0, 0.1) is 11.7 Å². The van der Waals surface area contributed by atoms with Gasteiger partial charge in [-0.25, -0.2) is 4.39 Å². The summed E-state index contributed by atoms with van der Waals surface area (Å²) < 4.78 is 30.6. The molecule has 0 saturated carbocycles. The average molecular weight is 257 g/mol. The predicted octanol–water partition coefficient (Wildman–Crippen LogP) is 3.31. The first-order valence-electron chi connectivity index (χ1n) is 6.31. The van der Waals surface area contributed by atoms with Crippen LogP contribution in [0.15, 0.2) is 18.2 Å². The zero-order valence-corrected chi connectivity index (χ0v) is 11.0. The van der Waals surface area contributed by atoms with Crippen molar-refractivity contribution in [3.63, 3.8) is 0 Å². The van der Waals surface area contributed by atoms with Gasteiger partial charge in [-0.2, -0.15) is 0 Å². The number of ether oxygens (including phenoxy) is 1. The second kappa shape index (κ2) is 8.03. The van der Waals surface area contributed by atoms with Crippen LogP contribution in [0.3, 0.4) is 0 Å². The normalized spacial score (nSPS) is 10.9. The SMILES string of the molecule is CC(C)CNCc1cc(F)ccc1OCCCF. The number of benzene rings is 1. The van der Waals surface area contributed by atoms with E-state index in [1.54, 1.807) is 6.07 Å². The number of nitrogens with one attached hydrogen (secondary N) is 1. The van der Waals surface area contributed by atoms with Gasteiger partial charge in [-0.3, -0.25) is 4.39 Å². The summed E-state index contributed by atoms with van der Waals surface area (Å²) in [6.45, 7) is 5.55. The molecule has 18 heavy (non-hydrogen) atoms. The number of rotatable bonds is 8. The molecule has 0 radical (unpaired) electrons. The maximum atomic E-state index is 13.2. The lowest BCUT2D eigenvalue weighted by Crippen LogP contribution is -2.19. The van der Waals surface area contributed by atoms with Gasteiger partial charge in [-0.1, -0.05) is 13.8 Å². The quantitative estimate of drug-likeness (QED) is 0.721. The standard InChI is InChI=1S/C14H21F2NO/c1-11(2)9-17-10-12-8-13(16)4-5-14(12)18-7-3-6-15/h4-5,8,11,17H,3,6-7,9-10H2,1-2H3. The molecule has 0 heterocycles. The van der Waals surface area contributed by atoms with E-state index in [1.165, 1.54) is 12.1 Å². The van der Waals surface area contributed by atoms with Crippen molar-refractivity contribution in [3.8, 4) is 5.75 Å². The third kappa shape index (κ3) is 5.45. The molecule has 1 aromatic carbocycles. The van der Waals surface area contributed by atoms with Crippen LogP contribution in [0.1, 0.15) is 25.8 Å². The zero-order valence-electron chi connectivity index (χ0n) is 11.0. The molecule has 0 aliphatic rings. The molecule has 4 heteroatoms. The summed E-state index contributed by atoms with van der Waals surface area (Å²) in [7, 11) is 0. The third-order valence-corrected chi connectivity index (χ3v) is 2.43. The summed E-state index contributed by atoms with van der Waals surface area (Å²) in [5, 5.41) is 3.24. The van der Waals surface area contributed by atoms with Gasteiger partial charge in [0.25, 0.3) is 0 Å². The van der Waals surface area contributed by atoms with Crippen molar-refractivity contribution in [3.05, 3.63) is 29.6 Å². The number of hydrogen-bond acceptors (Lipinski definition) is 2. The summed E-state index contributed by atoms with van der Waals surface area (Å²) in [6.07, 6.45) is 0.357. The zero-order chi connectivity index (χ0) is 13.4. The molecule has 1 rings (SSSR count). The highest BCUT2D eigenvalue weighted by Gasteiger charge is 2.06. The monoisotopic (exact) mass is 257 g/mol. The Morgan fingerprint density at radius 1 is 1.33 bits per heavy atom. The van der Waals surface area contributed by atoms with Gasteiger partial charge in [0.05, 0.1) is 13.3 Å². The van der Waals surface area contributed by atoms with Gasteiger partial charge < -0.3 is 10.1 Å². The minimum atomic E-state index is -0.401. The Morgan fingerprint density at radius 2 is 2.11 bits per heavy atom. The molecule has 102 valence electrons. The van der Waals surface area contributed by atoms with Crippen LogP contribution >= 0.6 is 0 Å². The molecule has 0 aliphatic carbocycles. The van der Waals surface area contributed by atoms with Crippen molar-refractivity contribution < 1.29 is 13.5 Å². The first-order valence-corrected chi connectivity index (χ1v) is 6.31. The number of halogens is 2. The Labute approximate surface area is 107 Å². The molecule has 0 unspecified atom stereocenters. The summed E-state index contributed by atoms with van der Waals surface area (Å²) in [4.78, 5) is 0. The van der Waals surface area contributed by atoms with Crippen molar-refractivity contribution in [2.45, 2.75) is 26.8 Å². The van der Waals surface area contributed by atoms with Gasteiger partial charge in [-0.05, 0) is 30.7 Å². The smallest absolute Gasteiger partial charge is 0.123 e. The largest absolute Gasteiger partial charge is 0.493 e. The van der Waals surface area contributed by atoms with Gasteiger partial charge >= 0.3 is 0 Å². The lowest BCUT2D eigenvalue weighted by atomic mass is 10.1. The van der Waals surface area contributed by atoms with Crippen LogP contribution in [-0.4, -0.2) is 19.8 Å². The lowest BCUT2D eigenvalue weighted by Gasteiger charge is -2.13. The fraction of sp³-hybridized carbons (Fsp3) is 0.571. The fourth-order valence-electron chi connectivity index (χ4n) is 1.56. The molecular formula is C14H21F2NO. The summed E-state index contributed by atoms with van der Waals surface area (Å²) in [5.74, 6) is 0.879. The third-order valence-electron chi connectivity index (χ3n) is 2.43. The minimum Gasteiger partial charge on any atom is -0.493 e. The molecule has 2 nitrogen and oxygen atoms in total. The van der Waals surface area contributed by atoms with Gasteiger partial charge in [0.2, 0.25) is 0 Å². The van der Waals surface area contributed by atoms with E-state index in [0.29, 0.717) is 31.2 Å². The van der Waals surface area contributed by atoms with E-state index < -0.39 is 6.67 Å². The van der Waals surface area contributed by atoms with Gasteiger partial charge in [0.1, 0.15) is 11.6 Å². The van der Waals surface area contributed by atoms with Crippen molar-refractivity contribution in [1.29, 1.82) is 0 Å².